The summed E-state index contributed by atoms with van der Waals surface area (Å²) in [5.41, 5.74) is 5.41. The maximum atomic E-state index is 10.4. The molecule has 1 rings (SSSR count). The van der Waals surface area contributed by atoms with E-state index in [0.29, 0.717) is 0 Å². The van der Waals surface area contributed by atoms with E-state index in [2.05, 4.69) is 4.98 Å². The third kappa shape index (κ3) is 1.89. The van der Waals surface area contributed by atoms with Crippen LogP contribution in [-0.2, 0) is 10.1 Å². The fourth-order valence-corrected chi connectivity index (χ4v) is 1.06. The number of hydrogen-bond acceptors (Lipinski definition) is 4. The number of nitrogens with zero attached hydrogens (tertiary/aromatic N) is 1. The number of nitrogen functional groups attached to an aromatic ring is 1. The van der Waals surface area contributed by atoms with Crippen molar-refractivity contribution in [3.8, 4) is 0 Å². The van der Waals surface area contributed by atoms with Gasteiger partial charge in [-0.1, -0.05) is 0 Å². The van der Waals surface area contributed by atoms with Crippen molar-refractivity contribution in [3.05, 3.63) is 18.5 Å². The summed E-state index contributed by atoms with van der Waals surface area (Å²) in [6.45, 7) is 0. The average molecular weight is 174 g/mol. The van der Waals surface area contributed by atoms with Gasteiger partial charge in [-0.05, 0) is 6.07 Å². The molecule has 1 heterocycles. The molecule has 0 amide bonds. The number of pyridine rings is 1. The third-order valence-electron chi connectivity index (χ3n) is 1.03. The minimum Gasteiger partial charge on any atom is -0.397 e. The van der Waals surface area contributed by atoms with Gasteiger partial charge in [0.1, 0.15) is 4.90 Å². The smallest absolute Gasteiger partial charge is 0.296 e. The van der Waals surface area contributed by atoms with Crippen molar-refractivity contribution in [3.63, 3.8) is 0 Å². The summed E-state index contributed by atoms with van der Waals surface area (Å²) >= 11 is 0. The zero-order valence-electron chi connectivity index (χ0n) is 5.43. The van der Waals surface area contributed by atoms with E-state index in [1.165, 1.54) is 6.20 Å². The number of rotatable bonds is 1. The summed E-state index contributed by atoms with van der Waals surface area (Å²) in [7, 11) is -4.17. The fourth-order valence-electron chi connectivity index (χ4n) is 0.577. The molecule has 0 spiro atoms. The van der Waals surface area contributed by atoms with Gasteiger partial charge in [0, 0.05) is 12.4 Å². The Morgan fingerprint density at radius 3 is 2.45 bits per heavy atom. The Morgan fingerprint density at radius 1 is 1.45 bits per heavy atom. The zero-order chi connectivity index (χ0) is 8.48. The Labute approximate surface area is 63.6 Å². The van der Waals surface area contributed by atoms with Crippen LogP contribution in [0.1, 0.15) is 0 Å². The average Bonchev–Trinajstić information content (AvgIpc) is 1.86. The van der Waals surface area contributed by atoms with Gasteiger partial charge in [-0.3, -0.25) is 9.54 Å². The van der Waals surface area contributed by atoms with Crippen LogP contribution in [0.2, 0.25) is 0 Å². The second kappa shape index (κ2) is 2.48. The maximum Gasteiger partial charge on any atom is 0.296 e. The van der Waals surface area contributed by atoms with Crippen molar-refractivity contribution in [2.24, 2.45) is 0 Å². The van der Waals surface area contributed by atoms with Crippen molar-refractivity contribution in [1.82, 2.24) is 4.98 Å². The highest BCUT2D eigenvalue weighted by atomic mass is 32.2. The first kappa shape index (κ1) is 7.96. The molecule has 1 aromatic heterocycles. The molecule has 0 aromatic carbocycles. The number of nitrogens with two attached hydrogens (primary N) is 1. The van der Waals surface area contributed by atoms with Gasteiger partial charge in [-0.2, -0.15) is 8.42 Å². The lowest BCUT2D eigenvalue weighted by atomic mass is 10.4. The highest BCUT2D eigenvalue weighted by molar-refractivity contribution is 7.85. The molecule has 0 aliphatic carbocycles. The van der Waals surface area contributed by atoms with Crippen molar-refractivity contribution in [2.75, 3.05) is 5.73 Å². The summed E-state index contributed by atoms with van der Waals surface area (Å²) in [4.78, 5) is 3.19. The molecular formula is C5H6N2O3S. The molecule has 0 bridgehead atoms. The minimum atomic E-state index is -4.17. The van der Waals surface area contributed by atoms with Crippen molar-refractivity contribution < 1.29 is 13.0 Å². The third-order valence-corrected chi connectivity index (χ3v) is 1.85. The molecule has 0 fully saturated rings. The van der Waals surface area contributed by atoms with Crippen LogP contribution in [-0.4, -0.2) is 18.0 Å². The first-order valence-corrected chi connectivity index (χ1v) is 4.12. The molecule has 1 aromatic rings. The van der Waals surface area contributed by atoms with Gasteiger partial charge < -0.3 is 5.73 Å². The van der Waals surface area contributed by atoms with Gasteiger partial charge in [0.25, 0.3) is 10.1 Å². The van der Waals surface area contributed by atoms with Gasteiger partial charge in [-0.15, -0.1) is 0 Å². The second-order valence-electron chi connectivity index (χ2n) is 1.93. The molecule has 60 valence electrons. The van der Waals surface area contributed by atoms with Crippen molar-refractivity contribution in [1.29, 1.82) is 0 Å². The van der Waals surface area contributed by atoms with Crippen LogP contribution in [0.4, 0.5) is 5.69 Å². The van der Waals surface area contributed by atoms with Gasteiger partial charge >= 0.3 is 0 Å². The topological polar surface area (TPSA) is 93.3 Å². The van der Waals surface area contributed by atoms with Crippen LogP contribution < -0.4 is 5.73 Å². The molecule has 5 nitrogen and oxygen atoms in total. The lowest BCUT2D eigenvalue weighted by Crippen LogP contribution is -1.99. The summed E-state index contributed by atoms with van der Waals surface area (Å²) in [5.74, 6) is 0. The molecule has 0 radical (unpaired) electrons. The van der Waals surface area contributed by atoms with Crippen LogP contribution in [0.5, 0.6) is 0 Å². The molecule has 6 heteroatoms. The molecule has 0 aliphatic heterocycles. The highest BCUT2D eigenvalue weighted by Gasteiger charge is 2.08. The van der Waals surface area contributed by atoms with E-state index < -0.39 is 10.1 Å². The van der Waals surface area contributed by atoms with E-state index in [4.69, 9.17) is 10.3 Å². The Bertz CT molecular complexity index is 360. The summed E-state index contributed by atoms with van der Waals surface area (Å²) in [5, 5.41) is 0. The SMILES string of the molecule is Nc1cncc(S(=O)(=O)O)c1. The lowest BCUT2D eigenvalue weighted by molar-refractivity contribution is 0.483. The van der Waals surface area contributed by atoms with Gasteiger partial charge in [0.15, 0.2) is 0 Å². The molecule has 0 atom stereocenters. The van der Waals surface area contributed by atoms with Crippen molar-refractivity contribution >= 4 is 15.8 Å². The molecule has 3 N–H and O–H groups in total. The quantitative estimate of drug-likeness (QED) is 0.580. The van der Waals surface area contributed by atoms with Crippen molar-refractivity contribution in [2.45, 2.75) is 4.90 Å². The van der Waals surface area contributed by atoms with E-state index in [-0.39, 0.29) is 10.6 Å². The van der Waals surface area contributed by atoms with Crippen LogP contribution in [0.15, 0.2) is 23.4 Å². The summed E-state index contributed by atoms with van der Waals surface area (Å²) in [6.07, 6.45) is 2.31. The number of aromatic nitrogens is 1. The highest BCUT2D eigenvalue weighted by Crippen LogP contribution is 2.09. The first-order chi connectivity index (χ1) is 5.00. The van der Waals surface area contributed by atoms with E-state index in [1.54, 1.807) is 0 Å². The predicted octanol–water partition coefficient (Wildman–Crippen LogP) is -0.0895. The molecule has 0 unspecified atom stereocenters. The summed E-state index contributed by atoms with van der Waals surface area (Å²) < 4.78 is 29.4. The Kier molecular flexibility index (Phi) is 1.79. The predicted molar refractivity (Wildman–Crippen MR) is 38.5 cm³/mol. The molecular weight excluding hydrogens is 168 g/mol. The molecule has 11 heavy (non-hydrogen) atoms. The van der Waals surface area contributed by atoms with E-state index >= 15 is 0 Å². The molecule has 0 aliphatic rings. The number of hydrogen-bond donors (Lipinski definition) is 2. The van der Waals surface area contributed by atoms with Gasteiger partial charge in [0.05, 0.1) is 5.69 Å². The maximum absolute atomic E-state index is 10.4. The monoisotopic (exact) mass is 174 g/mol. The Hall–Kier alpha value is -1.14. The molecule has 0 saturated carbocycles. The lowest BCUT2D eigenvalue weighted by Gasteiger charge is -1.95. The fraction of sp³-hybridized carbons (Fsp3) is 0. The van der Waals surface area contributed by atoms with Crippen LogP contribution in [0.25, 0.3) is 0 Å². The minimum absolute atomic E-state index is 0.195. The van der Waals surface area contributed by atoms with Crippen LogP contribution in [0, 0.1) is 0 Å². The largest absolute Gasteiger partial charge is 0.397 e. The standard InChI is InChI=1S/C5H6N2O3S/c6-4-1-5(3-7-2-4)11(8,9)10/h1-3H,6H2,(H,8,9,10). The van der Waals surface area contributed by atoms with E-state index in [0.717, 1.165) is 12.3 Å². The number of anilines is 1. The first-order valence-electron chi connectivity index (χ1n) is 2.68. The Morgan fingerprint density at radius 2 is 2.09 bits per heavy atom. The molecule has 0 saturated heterocycles. The van der Waals surface area contributed by atoms with Crippen LogP contribution in [0.3, 0.4) is 0 Å². The summed E-state index contributed by atoms with van der Waals surface area (Å²) in [6, 6.07) is 1.13. The Balaban J connectivity index is 3.28. The van der Waals surface area contributed by atoms with Gasteiger partial charge in [0.2, 0.25) is 0 Å². The van der Waals surface area contributed by atoms with E-state index in [1.807, 2.05) is 0 Å². The normalized spacial score (nSPS) is 11.4. The zero-order valence-corrected chi connectivity index (χ0v) is 6.25. The van der Waals surface area contributed by atoms with Gasteiger partial charge in [-0.25, -0.2) is 0 Å². The second-order valence-corrected chi connectivity index (χ2v) is 3.35. The van der Waals surface area contributed by atoms with Crippen LogP contribution >= 0.6 is 0 Å². The van der Waals surface area contributed by atoms with E-state index in [9.17, 15) is 8.42 Å².